The number of rotatable bonds is 5. The van der Waals surface area contributed by atoms with Gasteiger partial charge in [-0.15, -0.1) is 11.3 Å². The van der Waals surface area contributed by atoms with Crippen molar-refractivity contribution in [2.45, 2.75) is 38.5 Å². The minimum Gasteiger partial charge on any atom is -0.347 e. The second-order valence-electron chi connectivity index (χ2n) is 8.57. The van der Waals surface area contributed by atoms with Crippen LogP contribution in [0.5, 0.6) is 0 Å². The van der Waals surface area contributed by atoms with Crippen molar-refractivity contribution in [2.24, 2.45) is 23.2 Å². The minimum absolute atomic E-state index is 0.00176. The van der Waals surface area contributed by atoms with E-state index in [0.717, 1.165) is 47.6 Å². The summed E-state index contributed by atoms with van der Waals surface area (Å²) in [6, 6.07) is 5.78. The summed E-state index contributed by atoms with van der Waals surface area (Å²) >= 11 is 1.61. The topological polar surface area (TPSA) is 86.9 Å². The van der Waals surface area contributed by atoms with Crippen molar-refractivity contribution in [1.82, 2.24) is 15.5 Å². The lowest BCUT2D eigenvalue weighted by atomic mass is 9.49. The van der Waals surface area contributed by atoms with Crippen LogP contribution in [0.2, 0.25) is 0 Å². The van der Waals surface area contributed by atoms with E-state index in [2.05, 4.69) is 20.8 Å². The molecule has 3 N–H and O–H groups in total. The molecule has 6 nitrogen and oxygen atoms in total. The van der Waals surface area contributed by atoms with Crippen molar-refractivity contribution in [3.8, 4) is 10.6 Å². The van der Waals surface area contributed by atoms with Crippen molar-refractivity contribution in [3.05, 3.63) is 23.6 Å². The smallest absolute Gasteiger partial charge is 0.244 e. The molecule has 0 radical (unpaired) electrons. The molecule has 2 heterocycles. The molecule has 0 unspecified atom stereocenters. The van der Waals surface area contributed by atoms with Gasteiger partial charge in [-0.1, -0.05) is 6.07 Å². The molecule has 7 heteroatoms. The molecule has 27 heavy (non-hydrogen) atoms. The first-order valence-corrected chi connectivity index (χ1v) is 10.6. The molecule has 0 aliphatic heterocycles. The van der Waals surface area contributed by atoms with Crippen molar-refractivity contribution in [2.75, 3.05) is 11.9 Å². The number of H-pyrrole nitrogens is 1. The van der Waals surface area contributed by atoms with E-state index in [-0.39, 0.29) is 23.8 Å². The van der Waals surface area contributed by atoms with Crippen LogP contribution < -0.4 is 10.6 Å². The maximum Gasteiger partial charge on any atom is 0.244 e. The fraction of sp³-hybridized carbons (Fsp3) is 0.550. The maximum atomic E-state index is 12.9. The van der Waals surface area contributed by atoms with E-state index >= 15 is 0 Å². The van der Waals surface area contributed by atoms with E-state index in [0.29, 0.717) is 5.82 Å². The van der Waals surface area contributed by atoms with Crippen LogP contribution in [0, 0.1) is 23.2 Å². The number of thiophene rings is 1. The van der Waals surface area contributed by atoms with E-state index in [4.69, 9.17) is 0 Å². The molecule has 0 spiro atoms. The molecule has 0 aromatic carbocycles. The molecule has 4 aliphatic carbocycles. The molecule has 0 saturated heterocycles. The predicted molar refractivity (Wildman–Crippen MR) is 104 cm³/mol. The summed E-state index contributed by atoms with van der Waals surface area (Å²) in [5.74, 6) is 2.48. The van der Waals surface area contributed by atoms with Gasteiger partial charge in [0.05, 0.1) is 17.1 Å². The van der Waals surface area contributed by atoms with E-state index in [1.807, 2.05) is 23.6 Å². The van der Waals surface area contributed by atoms with E-state index < -0.39 is 0 Å². The zero-order valence-corrected chi connectivity index (χ0v) is 16.0. The summed E-state index contributed by atoms with van der Waals surface area (Å²) in [6.07, 6.45) is 6.94. The molecule has 2 amide bonds. The molecule has 4 aliphatic rings. The summed E-state index contributed by atoms with van der Waals surface area (Å²) in [5.41, 5.74) is 0.658. The normalized spacial score (nSPS) is 31.0. The molecular formula is C20H24N4O2S. The summed E-state index contributed by atoms with van der Waals surface area (Å²) in [5, 5.41) is 14.7. The number of carbonyl (C=O) groups excluding carboxylic acids is 2. The lowest BCUT2D eigenvalue weighted by molar-refractivity contribution is -0.146. The Balaban J connectivity index is 1.17. The van der Waals surface area contributed by atoms with Gasteiger partial charge >= 0.3 is 0 Å². The Bertz CT molecular complexity index is 822. The van der Waals surface area contributed by atoms with Crippen LogP contribution >= 0.6 is 11.3 Å². The van der Waals surface area contributed by atoms with Crippen LogP contribution in [0.15, 0.2) is 23.6 Å². The number of aromatic nitrogens is 2. The molecule has 2 aromatic heterocycles. The number of hydrogen-bond acceptors (Lipinski definition) is 4. The van der Waals surface area contributed by atoms with Gasteiger partial charge in [-0.3, -0.25) is 14.7 Å². The molecule has 4 bridgehead atoms. The molecule has 142 valence electrons. The van der Waals surface area contributed by atoms with Crippen LogP contribution in [0.3, 0.4) is 0 Å². The number of anilines is 1. The lowest BCUT2D eigenvalue weighted by Crippen LogP contribution is -2.54. The average Bonchev–Trinajstić information content (AvgIpc) is 3.30. The number of nitrogens with one attached hydrogen (secondary N) is 3. The van der Waals surface area contributed by atoms with Gasteiger partial charge in [0.15, 0.2) is 5.82 Å². The van der Waals surface area contributed by atoms with Gasteiger partial charge in [-0.25, -0.2) is 0 Å². The van der Waals surface area contributed by atoms with Gasteiger partial charge in [0.25, 0.3) is 0 Å². The third-order valence-corrected chi connectivity index (χ3v) is 7.46. The summed E-state index contributed by atoms with van der Waals surface area (Å²) in [7, 11) is 0. The summed E-state index contributed by atoms with van der Waals surface area (Å²) in [6.45, 7) is 0.00176. The minimum atomic E-state index is -0.239. The van der Waals surface area contributed by atoms with Crippen LogP contribution in [0.4, 0.5) is 5.82 Å². The predicted octanol–water partition coefficient (Wildman–Crippen LogP) is 3.41. The van der Waals surface area contributed by atoms with Crippen LogP contribution in [0.1, 0.15) is 38.5 Å². The Morgan fingerprint density at radius 1 is 1.19 bits per heavy atom. The zero-order chi connectivity index (χ0) is 18.4. The van der Waals surface area contributed by atoms with Crippen LogP contribution in [-0.4, -0.2) is 28.6 Å². The third kappa shape index (κ3) is 3.18. The molecular weight excluding hydrogens is 360 g/mol. The highest BCUT2D eigenvalue weighted by Gasteiger charge is 2.54. The Labute approximate surface area is 162 Å². The third-order valence-electron chi connectivity index (χ3n) is 6.56. The van der Waals surface area contributed by atoms with Gasteiger partial charge in [0.2, 0.25) is 11.8 Å². The first-order chi connectivity index (χ1) is 13.1. The number of aromatic amines is 1. The first-order valence-electron chi connectivity index (χ1n) is 9.77. The summed E-state index contributed by atoms with van der Waals surface area (Å²) < 4.78 is 0. The lowest BCUT2D eigenvalue weighted by Gasteiger charge is -2.55. The standard InChI is InChI=1S/C20H24N4O2S/c25-18(22-17-7-15(23-24-17)16-2-1-3-27-16)11-21-19(26)20-8-12-4-13(9-20)6-14(5-12)10-20/h1-3,7,12-14H,4-6,8-11H2,(H,21,26)(H2,22,23,24,25). The second kappa shape index (κ2) is 6.48. The van der Waals surface area contributed by atoms with Crippen molar-refractivity contribution in [3.63, 3.8) is 0 Å². The summed E-state index contributed by atoms with van der Waals surface area (Å²) in [4.78, 5) is 26.2. The fourth-order valence-electron chi connectivity index (χ4n) is 5.87. The van der Waals surface area contributed by atoms with Gasteiger partial charge < -0.3 is 10.6 Å². The number of carbonyl (C=O) groups is 2. The fourth-order valence-corrected chi connectivity index (χ4v) is 6.56. The van der Waals surface area contributed by atoms with E-state index in [1.54, 1.807) is 11.3 Å². The van der Waals surface area contributed by atoms with E-state index in [1.165, 1.54) is 19.3 Å². The molecule has 4 saturated carbocycles. The largest absolute Gasteiger partial charge is 0.347 e. The van der Waals surface area contributed by atoms with Crippen LogP contribution in [0.25, 0.3) is 10.6 Å². The van der Waals surface area contributed by atoms with Crippen molar-refractivity contribution < 1.29 is 9.59 Å². The monoisotopic (exact) mass is 384 g/mol. The van der Waals surface area contributed by atoms with Crippen molar-refractivity contribution >= 4 is 29.0 Å². The highest BCUT2D eigenvalue weighted by Crippen LogP contribution is 2.60. The number of amides is 2. The maximum absolute atomic E-state index is 12.9. The SMILES string of the molecule is O=C(CNC(=O)C12CC3CC(CC(C3)C1)C2)Nc1cc(-c2cccs2)[nH]n1. The Hall–Kier alpha value is -2.15. The second-order valence-corrected chi connectivity index (χ2v) is 9.52. The van der Waals surface area contributed by atoms with Gasteiger partial charge in [-0.05, 0) is 67.7 Å². The highest BCUT2D eigenvalue weighted by atomic mass is 32.1. The molecule has 0 atom stereocenters. The molecule has 2 aromatic rings. The van der Waals surface area contributed by atoms with Crippen molar-refractivity contribution in [1.29, 1.82) is 0 Å². The number of hydrogen-bond donors (Lipinski definition) is 3. The Morgan fingerprint density at radius 2 is 1.89 bits per heavy atom. The Morgan fingerprint density at radius 3 is 2.52 bits per heavy atom. The number of nitrogens with zero attached hydrogens (tertiary/aromatic N) is 1. The Kier molecular flexibility index (Phi) is 4.07. The average molecular weight is 385 g/mol. The quantitative estimate of drug-likeness (QED) is 0.738. The molecule has 4 fully saturated rings. The van der Waals surface area contributed by atoms with E-state index in [9.17, 15) is 9.59 Å². The first kappa shape index (κ1) is 17.0. The molecule has 6 rings (SSSR count). The zero-order valence-electron chi connectivity index (χ0n) is 15.2. The van der Waals surface area contributed by atoms with Gasteiger partial charge in [0, 0.05) is 11.5 Å². The van der Waals surface area contributed by atoms with Gasteiger partial charge in [-0.2, -0.15) is 5.10 Å². The highest BCUT2D eigenvalue weighted by molar-refractivity contribution is 7.13. The van der Waals surface area contributed by atoms with Gasteiger partial charge in [0.1, 0.15) is 0 Å². The van der Waals surface area contributed by atoms with Crippen LogP contribution in [-0.2, 0) is 9.59 Å².